The van der Waals surface area contributed by atoms with Crippen LogP contribution in [0.25, 0.3) is 0 Å². The molecule has 0 radical (unpaired) electrons. The van der Waals surface area contributed by atoms with E-state index < -0.39 is 5.60 Å². The molecule has 0 aliphatic carbocycles. The number of nitrogens with zero attached hydrogens (tertiary/aromatic N) is 3. The summed E-state index contributed by atoms with van der Waals surface area (Å²) in [5.41, 5.74) is -0.465. The zero-order valence-corrected chi connectivity index (χ0v) is 13.1. The number of amides is 1. The molecular weight excluding hydrogens is 314 g/mol. The topological polar surface area (TPSA) is 68.5 Å². The van der Waals surface area contributed by atoms with Crippen molar-refractivity contribution in [2.45, 2.75) is 44.0 Å². The molecule has 1 aliphatic rings. The number of likely N-dealkylation sites (tertiary alicyclic amines) is 1. The van der Waals surface area contributed by atoms with Crippen molar-refractivity contribution in [1.29, 1.82) is 0 Å². The largest absolute Gasteiger partial charge is 0.444 e. The molecule has 1 atom stereocenters. The Hall–Kier alpha value is -1.11. The number of carbonyl (C=O) groups excluding carboxylic acids is 1. The number of hydrogen-bond donors (Lipinski definition) is 0. The van der Waals surface area contributed by atoms with Gasteiger partial charge in [0.2, 0.25) is 5.89 Å². The van der Waals surface area contributed by atoms with Crippen LogP contribution in [0.4, 0.5) is 4.79 Å². The maximum Gasteiger partial charge on any atom is 0.410 e. The molecule has 1 fully saturated rings. The first-order valence-corrected chi connectivity index (χ1v) is 7.13. The molecule has 2 rings (SSSR count). The zero-order chi connectivity index (χ0) is 14.2. The van der Waals surface area contributed by atoms with Crippen LogP contribution in [-0.2, 0) is 4.74 Å². The van der Waals surface area contributed by atoms with Gasteiger partial charge in [-0.05, 0) is 27.7 Å². The summed E-state index contributed by atoms with van der Waals surface area (Å²) in [7, 11) is 0. The lowest BCUT2D eigenvalue weighted by Crippen LogP contribution is -2.50. The monoisotopic (exact) mass is 331 g/mol. The molecule has 6 nitrogen and oxygen atoms in total. The molecule has 2 heterocycles. The van der Waals surface area contributed by atoms with Crippen molar-refractivity contribution in [1.82, 2.24) is 15.0 Å². The van der Waals surface area contributed by atoms with Gasteiger partial charge >= 0.3 is 6.09 Å². The van der Waals surface area contributed by atoms with Gasteiger partial charge in [0, 0.05) is 13.1 Å². The highest BCUT2D eigenvalue weighted by Crippen LogP contribution is 2.28. The third-order valence-corrected chi connectivity index (χ3v) is 3.09. The van der Waals surface area contributed by atoms with E-state index in [4.69, 9.17) is 9.26 Å². The molecule has 7 heteroatoms. The minimum atomic E-state index is -0.465. The predicted octanol–water partition coefficient (Wildman–Crippen LogP) is 2.86. The van der Waals surface area contributed by atoms with Gasteiger partial charge in [-0.1, -0.05) is 21.1 Å². The van der Waals surface area contributed by atoms with Crippen LogP contribution in [0.3, 0.4) is 0 Å². The maximum atomic E-state index is 11.8. The third-order valence-electron chi connectivity index (χ3n) is 2.70. The number of ether oxygens (including phenoxy) is 1. The van der Waals surface area contributed by atoms with Crippen molar-refractivity contribution in [3.63, 3.8) is 0 Å². The van der Waals surface area contributed by atoms with E-state index in [2.05, 4.69) is 26.1 Å². The second-order valence-corrected chi connectivity index (χ2v) is 7.06. The summed E-state index contributed by atoms with van der Waals surface area (Å²) >= 11 is 3.37. The Balaban J connectivity index is 1.87. The molecule has 1 aromatic heterocycles. The maximum absolute atomic E-state index is 11.8. The second kappa shape index (κ2) is 5.11. The molecule has 0 bridgehead atoms. The Morgan fingerprint density at radius 2 is 2.16 bits per heavy atom. The number of halogens is 1. The minimum absolute atomic E-state index is 0.0378. The van der Waals surface area contributed by atoms with Crippen molar-refractivity contribution >= 4 is 22.0 Å². The fraction of sp³-hybridized carbons (Fsp3) is 0.750. The van der Waals surface area contributed by atoms with Gasteiger partial charge in [0.05, 0.1) is 10.7 Å². The highest BCUT2D eigenvalue weighted by Gasteiger charge is 2.37. The molecular formula is C12H18BrN3O3. The third kappa shape index (κ3) is 3.46. The van der Waals surface area contributed by atoms with Gasteiger partial charge in [-0.25, -0.2) is 4.79 Å². The Bertz CT molecular complexity index is 461. The van der Waals surface area contributed by atoms with Crippen molar-refractivity contribution < 1.29 is 14.1 Å². The van der Waals surface area contributed by atoms with Crippen molar-refractivity contribution in [3.05, 3.63) is 11.7 Å². The van der Waals surface area contributed by atoms with E-state index >= 15 is 0 Å². The van der Waals surface area contributed by atoms with Crippen LogP contribution < -0.4 is 0 Å². The van der Waals surface area contributed by atoms with Gasteiger partial charge < -0.3 is 14.2 Å². The van der Waals surface area contributed by atoms with E-state index in [1.807, 2.05) is 27.7 Å². The molecule has 1 aromatic rings. The van der Waals surface area contributed by atoms with Gasteiger partial charge in [0.25, 0.3) is 0 Å². The van der Waals surface area contributed by atoms with Crippen LogP contribution >= 0.6 is 15.9 Å². The van der Waals surface area contributed by atoms with Gasteiger partial charge in [0.1, 0.15) is 5.60 Å². The lowest BCUT2D eigenvalue weighted by molar-refractivity contribution is 0.00734. The summed E-state index contributed by atoms with van der Waals surface area (Å²) < 4.78 is 10.4. The molecule has 0 saturated carbocycles. The lowest BCUT2D eigenvalue weighted by atomic mass is 10.0. The molecule has 1 aliphatic heterocycles. The molecule has 0 spiro atoms. The molecule has 19 heavy (non-hydrogen) atoms. The molecule has 106 valence electrons. The smallest absolute Gasteiger partial charge is 0.410 e. The van der Waals surface area contributed by atoms with E-state index in [-0.39, 0.29) is 16.8 Å². The standard InChI is InChI=1S/C12H18BrN3O3/c1-7(13)10-14-9(15-19-10)8-5-16(6-8)11(17)18-12(2,3)4/h7-8H,5-6H2,1-4H3. The number of alkyl halides is 1. The van der Waals surface area contributed by atoms with E-state index in [1.165, 1.54) is 0 Å². The van der Waals surface area contributed by atoms with Crippen molar-refractivity contribution in [2.24, 2.45) is 0 Å². The Labute approximate surface area is 120 Å². The van der Waals surface area contributed by atoms with E-state index in [9.17, 15) is 4.79 Å². The SMILES string of the molecule is CC(Br)c1nc(C2CN(C(=O)OC(C)(C)C)C2)no1. The van der Waals surface area contributed by atoms with Gasteiger partial charge in [-0.2, -0.15) is 4.98 Å². The fourth-order valence-corrected chi connectivity index (χ4v) is 1.88. The summed E-state index contributed by atoms with van der Waals surface area (Å²) in [5.74, 6) is 1.35. The van der Waals surface area contributed by atoms with Crippen molar-refractivity contribution in [3.8, 4) is 0 Å². The summed E-state index contributed by atoms with van der Waals surface area (Å²) in [6, 6.07) is 0. The Morgan fingerprint density at radius 3 is 2.63 bits per heavy atom. The van der Waals surface area contributed by atoms with Gasteiger partial charge in [0.15, 0.2) is 5.82 Å². The number of carbonyl (C=O) groups is 1. The average Bonchev–Trinajstić information content (AvgIpc) is 2.61. The van der Waals surface area contributed by atoms with Crippen LogP contribution in [0.5, 0.6) is 0 Å². The fourth-order valence-electron chi connectivity index (χ4n) is 1.69. The van der Waals surface area contributed by atoms with Crippen LogP contribution in [0.1, 0.15) is 50.2 Å². The van der Waals surface area contributed by atoms with E-state index in [0.29, 0.717) is 24.8 Å². The highest BCUT2D eigenvalue weighted by molar-refractivity contribution is 9.09. The average molecular weight is 332 g/mol. The first-order valence-electron chi connectivity index (χ1n) is 6.22. The van der Waals surface area contributed by atoms with Gasteiger partial charge in [-0.15, -0.1) is 0 Å². The molecule has 1 saturated heterocycles. The van der Waals surface area contributed by atoms with Crippen LogP contribution in [0.2, 0.25) is 0 Å². The van der Waals surface area contributed by atoms with Crippen LogP contribution in [-0.4, -0.2) is 39.8 Å². The van der Waals surface area contributed by atoms with Crippen molar-refractivity contribution in [2.75, 3.05) is 13.1 Å². The number of hydrogen-bond acceptors (Lipinski definition) is 5. The Morgan fingerprint density at radius 1 is 1.53 bits per heavy atom. The summed E-state index contributed by atoms with van der Waals surface area (Å²) in [6.45, 7) is 8.63. The second-order valence-electron chi connectivity index (χ2n) is 5.69. The normalized spacial score (nSPS) is 18.1. The lowest BCUT2D eigenvalue weighted by Gasteiger charge is -2.38. The molecule has 1 amide bonds. The summed E-state index contributed by atoms with van der Waals surface area (Å²) in [5, 5.41) is 3.93. The Kier molecular flexibility index (Phi) is 3.85. The first-order chi connectivity index (χ1) is 8.76. The predicted molar refractivity (Wildman–Crippen MR) is 72.2 cm³/mol. The quantitative estimate of drug-likeness (QED) is 0.779. The number of aromatic nitrogens is 2. The summed E-state index contributed by atoms with van der Waals surface area (Å²) in [6.07, 6.45) is -0.290. The minimum Gasteiger partial charge on any atom is -0.444 e. The van der Waals surface area contributed by atoms with E-state index in [1.54, 1.807) is 4.90 Å². The van der Waals surface area contributed by atoms with E-state index in [0.717, 1.165) is 0 Å². The van der Waals surface area contributed by atoms with Crippen LogP contribution in [0, 0.1) is 0 Å². The number of rotatable bonds is 2. The molecule has 0 aromatic carbocycles. The summed E-state index contributed by atoms with van der Waals surface area (Å²) in [4.78, 5) is 17.7. The molecule has 0 N–H and O–H groups in total. The van der Waals surface area contributed by atoms with Gasteiger partial charge in [-0.3, -0.25) is 0 Å². The molecule has 1 unspecified atom stereocenters. The zero-order valence-electron chi connectivity index (χ0n) is 11.5. The first kappa shape index (κ1) is 14.3. The highest BCUT2D eigenvalue weighted by atomic mass is 79.9. The van der Waals surface area contributed by atoms with Crippen LogP contribution in [0.15, 0.2) is 4.52 Å².